The Morgan fingerprint density at radius 3 is 2.81 bits per heavy atom. The van der Waals surface area contributed by atoms with Crippen molar-refractivity contribution in [2.75, 3.05) is 11.9 Å². The van der Waals surface area contributed by atoms with E-state index >= 15 is 0 Å². The Morgan fingerprint density at radius 1 is 1.35 bits per heavy atom. The number of halogens is 2. The standard InChI is InChI=1S/C15H18N6OS2.2ClH/c1-9-19-7-11(24-9)4-5-18-14(17)21-15-20-12(8-23-15)13-3-2-10(6-16)22-13;;/h2-3,7-8H,4-6,16H2,1H3,(H3,17,18,20,21);2*1H. The summed E-state index contributed by atoms with van der Waals surface area (Å²) in [5.41, 5.74) is 12.2. The van der Waals surface area contributed by atoms with Gasteiger partial charge in [0.15, 0.2) is 16.9 Å². The Balaban J connectivity index is 0.00000169. The molecule has 0 aromatic carbocycles. The Bertz CT molecular complexity index is 845. The lowest BCUT2D eigenvalue weighted by atomic mass is 10.3. The quantitative estimate of drug-likeness (QED) is 0.404. The maximum atomic E-state index is 5.90. The molecule has 0 saturated heterocycles. The maximum Gasteiger partial charge on any atom is 0.194 e. The molecule has 0 amide bonds. The van der Waals surface area contributed by atoms with Crippen molar-refractivity contribution in [2.24, 2.45) is 16.5 Å². The zero-order valence-electron chi connectivity index (χ0n) is 14.0. The number of furan rings is 1. The van der Waals surface area contributed by atoms with Crippen molar-refractivity contribution in [1.29, 1.82) is 0 Å². The maximum absolute atomic E-state index is 5.90. The van der Waals surface area contributed by atoms with Crippen molar-refractivity contribution in [2.45, 2.75) is 19.9 Å². The molecule has 0 atom stereocenters. The number of hydrogen-bond acceptors (Lipinski definition) is 7. The smallest absolute Gasteiger partial charge is 0.194 e. The SMILES string of the molecule is Cc1ncc(CCN=C(N)Nc2nc(-c3ccc(CN)o3)cs2)s1.Cl.Cl. The Morgan fingerprint density at radius 2 is 2.15 bits per heavy atom. The molecule has 0 radical (unpaired) electrons. The summed E-state index contributed by atoms with van der Waals surface area (Å²) < 4.78 is 5.58. The van der Waals surface area contributed by atoms with Gasteiger partial charge in [0.2, 0.25) is 0 Å². The molecule has 0 spiro atoms. The highest BCUT2D eigenvalue weighted by atomic mass is 35.5. The van der Waals surface area contributed by atoms with E-state index in [2.05, 4.69) is 20.3 Å². The van der Waals surface area contributed by atoms with Crippen LogP contribution in [0.3, 0.4) is 0 Å². The van der Waals surface area contributed by atoms with Crippen LogP contribution >= 0.6 is 47.5 Å². The molecular formula is C15H20Cl2N6OS2. The third-order valence-electron chi connectivity index (χ3n) is 3.16. The van der Waals surface area contributed by atoms with Gasteiger partial charge in [-0.05, 0) is 19.1 Å². The van der Waals surface area contributed by atoms with Gasteiger partial charge in [0, 0.05) is 29.4 Å². The highest BCUT2D eigenvalue weighted by Crippen LogP contribution is 2.26. The third-order valence-corrected chi connectivity index (χ3v) is 4.89. The first-order valence-corrected chi connectivity index (χ1v) is 9.06. The molecule has 5 N–H and O–H groups in total. The molecule has 3 aromatic heterocycles. The number of aromatic nitrogens is 2. The fourth-order valence-electron chi connectivity index (χ4n) is 2.03. The number of aliphatic imine (C=N–C) groups is 1. The number of anilines is 1. The van der Waals surface area contributed by atoms with Gasteiger partial charge in [0.05, 0.1) is 11.6 Å². The number of nitrogens with one attached hydrogen (secondary N) is 1. The lowest BCUT2D eigenvalue weighted by Crippen LogP contribution is -2.22. The third kappa shape index (κ3) is 5.96. The van der Waals surface area contributed by atoms with Crippen LogP contribution in [0.4, 0.5) is 5.13 Å². The zero-order valence-corrected chi connectivity index (χ0v) is 17.2. The monoisotopic (exact) mass is 434 g/mol. The molecule has 26 heavy (non-hydrogen) atoms. The summed E-state index contributed by atoms with van der Waals surface area (Å²) >= 11 is 3.12. The summed E-state index contributed by atoms with van der Waals surface area (Å²) in [6.45, 7) is 2.97. The Hall–Kier alpha value is -1.65. The van der Waals surface area contributed by atoms with Crippen LogP contribution in [0.1, 0.15) is 15.6 Å². The van der Waals surface area contributed by atoms with Crippen molar-refractivity contribution >= 4 is 58.6 Å². The van der Waals surface area contributed by atoms with E-state index in [0.29, 0.717) is 29.9 Å². The molecule has 0 saturated carbocycles. The minimum atomic E-state index is 0. The van der Waals surface area contributed by atoms with E-state index in [9.17, 15) is 0 Å². The minimum absolute atomic E-state index is 0. The number of nitrogens with zero attached hydrogens (tertiary/aromatic N) is 3. The number of nitrogens with two attached hydrogens (primary N) is 2. The number of rotatable bonds is 6. The molecule has 0 unspecified atom stereocenters. The summed E-state index contributed by atoms with van der Waals surface area (Å²) in [6, 6.07) is 3.70. The molecule has 0 aliphatic heterocycles. The predicted molar refractivity (Wildman–Crippen MR) is 113 cm³/mol. The first-order valence-electron chi connectivity index (χ1n) is 7.37. The molecule has 3 aromatic rings. The van der Waals surface area contributed by atoms with Gasteiger partial charge >= 0.3 is 0 Å². The number of aryl methyl sites for hydroxylation is 1. The number of thiazole rings is 2. The first-order chi connectivity index (χ1) is 11.6. The van der Waals surface area contributed by atoms with E-state index in [4.69, 9.17) is 15.9 Å². The lowest BCUT2D eigenvalue weighted by Gasteiger charge is -2.00. The van der Waals surface area contributed by atoms with Crippen LogP contribution < -0.4 is 16.8 Å². The molecule has 142 valence electrons. The van der Waals surface area contributed by atoms with E-state index in [1.165, 1.54) is 16.2 Å². The van der Waals surface area contributed by atoms with Gasteiger partial charge in [-0.1, -0.05) is 0 Å². The van der Waals surface area contributed by atoms with Gasteiger partial charge in [-0.25, -0.2) is 9.97 Å². The largest absolute Gasteiger partial charge is 0.458 e. The van der Waals surface area contributed by atoms with Crippen molar-refractivity contribution in [3.8, 4) is 11.5 Å². The fourth-order valence-corrected chi connectivity index (χ4v) is 3.52. The van der Waals surface area contributed by atoms with E-state index in [1.807, 2.05) is 30.6 Å². The van der Waals surface area contributed by atoms with Crippen LogP contribution in [-0.2, 0) is 13.0 Å². The van der Waals surface area contributed by atoms with E-state index < -0.39 is 0 Å². The normalized spacial score (nSPS) is 10.9. The topological polar surface area (TPSA) is 115 Å². The molecule has 11 heteroatoms. The van der Waals surface area contributed by atoms with E-state index in [0.717, 1.165) is 22.9 Å². The summed E-state index contributed by atoms with van der Waals surface area (Å²) in [5, 5.41) is 6.63. The highest BCUT2D eigenvalue weighted by molar-refractivity contribution is 7.14. The first kappa shape index (κ1) is 22.4. The number of guanidine groups is 1. The van der Waals surface area contributed by atoms with Crippen molar-refractivity contribution in [3.63, 3.8) is 0 Å². The molecule has 3 heterocycles. The fraction of sp³-hybridized carbons (Fsp3) is 0.267. The summed E-state index contributed by atoms with van der Waals surface area (Å²) in [4.78, 5) is 14.2. The Kier molecular flexibility index (Phi) is 9.03. The van der Waals surface area contributed by atoms with Gasteiger partial charge in [0.25, 0.3) is 0 Å². The Labute approximate surface area is 171 Å². The molecule has 0 aliphatic rings. The van der Waals surface area contributed by atoms with Crippen LogP contribution in [0.25, 0.3) is 11.5 Å². The van der Waals surface area contributed by atoms with Crippen LogP contribution in [0.2, 0.25) is 0 Å². The molecule has 0 aliphatic carbocycles. The molecule has 3 rings (SSSR count). The van der Waals surface area contributed by atoms with Crippen molar-refractivity contribution in [3.05, 3.63) is 39.4 Å². The molecule has 7 nitrogen and oxygen atoms in total. The summed E-state index contributed by atoms with van der Waals surface area (Å²) in [5.74, 6) is 1.77. The zero-order chi connectivity index (χ0) is 16.9. The van der Waals surface area contributed by atoms with Gasteiger partial charge in [-0.2, -0.15) is 0 Å². The van der Waals surface area contributed by atoms with E-state index in [1.54, 1.807) is 11.3 Å². The average molecular weight is 435 g/mol. The summed E-state index contributed by atoms with van der Waals surface area (Å²) in [6.07, 6.45) is 2.70. The van der Waals surface area contributed by atoms with Crippen molar-refractivity contribution < 1.29 is 4.42 Å². The van der Waals surface area contributed by atoms with Gasteiger partial charge < -0.3 is 21.2 Å². The summed E-state index contributed by atoms with van der Waals surface area (Å²) in [7, 11) is 0. The highest BCUT2D eigenvalue weighted by Gasteiger charge is 2.09. The van der Waals surface area contributed by atoms with Crippen LogP contribution in [-0.4, -0.2) is 22.5 Å². The average Bonchev–Trinajstić information content (AvgIpc) is 3.27. The van der Waals surface area contributed by atoms with Crippen LogP contribution in [0.5, 0.6) is 0 Å². The number of hydrogen-bond donors (Lipinski definition) is 3. The van der Waals surface area contributed by atoms with Gasteiger partial charge in [0.1, 0.15) is 11.5 Å². The molecule has 0 bridgehead atoms. The van der Waals surface area contributed by atoms with Crippen LogP contribution in [0, 0.1) is 6.92 Å². The second-order valence-corrected chi connectivity index (χ2v) is 7.17. The van der Waals surface area contributed by atoms with Crippen LogP contribution in [0.15, 0.2) is 33.1 Å². The minimum Gasteiger partial charge on any atom is -0.458 e. The lowest BCUT2D eigenvalue weighted by molar-refractivity contribution is 0.524. The molecular weight excluding hydrogens is 415 g/mol. The van der Waals surface area contributed by atoms with Crippen molar-refractivity contribution in [1.82, 2.24) is 9.97 Å². The molecule has 0 fully saturated rings. The van der Waals surface area contributed by atoms with Gasteiger partial charge in [-0.3, -0.25) is 4.99 Å². The second kappa shape index (κ2) is 10.5. The predicted octanol–water partition coefficient (Wildman–Crippen LogP) is 3.44. The van der Waals surface area contributed by atoms with Gasteiger partial charge in [-0.15, -0.1) is 47.5 Å². The van der Waals surface area contributed by atoms with E-state index in [-0.39, 0.29) is 24.8 Å². The second-order valence-electron chi connectivity index (χ2n) is 5.00.